The molecule has 192 valence electrons. The van der Waals surface area contributed by atoms with Crippen LogP contribution in [0, 0.1) is 13.8 Å². The van der Waals surface area contributed by atoms with Crippen molar-refractivity contribution in [1.29, 1.82) is 0 Å². The first-order valence-electron chi connectivity index (χ1n) is 13.3. The smallest absolute Gasteiger partial charge is 0.0717 e. The van der Waals surface area contributed by atoms with E-state index in [2.05, 4.69) is 135 Å². The molecule has 0 bridgehead atoms. The molecule has 0 aliphatic heterocycles. The second kappa shape index (κ2) is 13.1. The minimum absolute atomic E-state index is 0.139. The number of anilines is 2. The number of rotatable bonds is 12. The highest BCUT2D eigenvalue weighted by atomic mass is 16.5. The van der Waals surface area contributed by atoms with Crippen molar-refractivity contribution in [2.24, 2.45) is 0 Å². The molecule has 4 aromatic rings. The lowest BCUT2D eigenvalue weighted by Crippen LogP contribution is -2.28. The minimum atomic E-state index is 0.139. The Balaban J connectivity index is 1.43. The van der Waals surface area contributed by atoms with Gasteiger partial charge < -0.3 is 15.4 Å². The standard InChI is InChI=1S/C34H40N2O/c1-25(2)31-19-17-30(18-20-31)23-37-24-32(21-28-13-9-26(3)10-14-28)36-34-8-6-5-7-33(34)35-22-29-15-11-27(4)12-16-29/h5-20,25,32,35-36H,21-24H2,1-4H3. The second-order valence-electron chi connectivity index (χ2n) is 10.3. The molecule has 4 rings (SSSR count). The summed E-state index contributed by atoms with van der Waals surface area (Å²) in [6.07, 6.45) is 0.888. The molecule has 2 N–H and O–H groups in total. The highest BCUT2D eigenvalue weighted by Gasteiger charge is 2.13. The van der Waals surface area contributed by atoms with Crippen LogP contribution in [0.1, 0.15) is 53.1 Å². The summed E-state index contributed by atoms with van der Waals surface area (Å²) in [4.78, 5) is 0. The summed E-state index contributed by atoms with van der Waals surface area (Å²) in [7, 11) is 0. The SMILES string of the molecule is Cc1ccc(CNc2ccccc2NC(COCc2ccc(C(C)C)cc2)Cc2ccc(C)cc2)cc1. The Morgan fingerprint density at radius 2 is 1.22 bits per heavy atom. The lowest BCUT2D eigenvalue weighted by molar-refractivity contribution is 0.112. The van der Waals surface area contributed by atoms with E-state index in [0.29, 0.717) is 19.1 Å². The van der Waals surface area contributed by atoms with Crippen molar-refractivity contribution >= 4 is 11.4 Å². The number of hydrogen-bond donors (Lipinski definition) is 2. The number of hydrogen-bond acceptors (Lipinski definition) is 3. The van der Waals surface area contributed by atoms with E-state index in [9.17, 15) is 0 Å². The average molecular weight is 493 g/mol. The van der Waals surface area contributed by atoms with E-state index in [0.717, 1.165) is 24.3 Å². The van der Waals surface area contributed by atoms with Crippen LogP contribution in [0.25, 0.3) is 0 Å². The van der Waals surface area contributed by atoms with Gasteiger partial charge in [-0.25, -0.2) is 0 Å². The maximum atomic E-state index is 6.25. The molecular formula is C34H40N2O. The van der Waals surface area contributed by atoms with Crippen LogP contribution >= 0.6 is 0 Å². The van der Waals surface area contributed by atoms with E-state index in [1.807, 2.05) is 0 Å². The van der Waals surface area contributed by atoms with Crippen molar-refractivity contribution in [2.45, 2.75) is 59.2 Å². The fourth-order valence-corrected chi connectivity index (χ4v) is 4.36. The molecule has 1 unspecified atom stereocenters. The molecule has 0 aliphatic carbocycles. The van der Waals surface area contributed by atoms with Crippen molar-refractivity contribution in [1.82, 2.24) is 0 Å². The summed E-state index contributed by atoms with van der Waals surface area (Å²) in [5.74, 6) is 0.540. The van der Waals surface area contributed by atoms with Gasteiger partial charge in [0.1, 0.15) is 0 Å². The molecule has 4 aromatic carbocycles. The van der Waals surface area contributed by atoms with Crippen LogP contribution in [0.15, 0.2) is 97.1 Å². The normalized spacial score (nSPS) is 11.9. The fourth-order valence-electron chi connectivity index (χ4n) is 4.36. The van der Waals surface area contributed by atoms with E-state index in [1.54, 1.807) is 0 Å². The van der Waals surface area contributed by atoms with Crippen LogP contribution in [-0.2, 0) is 24.3 Å². The maximum absolute atomic E-state index is 6.25. The van der Waals surface area contributed by atoms with Gasteiger partial charge in [0.15, 0.2) is 0 Å². The molecule has 0 aliphatic rings. The van der Waals surface area contributed by atoms with Crippen LogP contribution in [-0.4, -0.2) is 12.6 Å². The summed E-state index contributed by atoms with van der Waals surface area (Å²) in [6.45, 7) is 10.7. The molecule has 37 heavy (non-hydrogen) atoms. The molecule has 0 saturated carbocycles. The van der Waals surface area contributed by atoms with Gasteiger partial charge in [-0.05, 0) is 60.6 Å². The first kappa shape index (κ1) is 26.5. The van der Waals surface area contributed by atoms with E-state index in [-0.39, 0.29) is 6.04 Å². The number of ether oxygens (including phenoxy) is 1. The topological polar surface area (TPSA) is 33.3 Å². The summed E-state index contributed by atoms with van der Waals surface area (Å²) >= 11 is 0. The number of para-hydroxylation sites is 2. The van der Waals surface area contributed by atoms with E-state index < -0.39 is 0 Å². The van der Waals surface area contributed by atoms with Crippen LogP contribution in [0.4, 0.5) is 11.4 Å². The van der Waals surface area contributed by atoms with Gasteiger partial charge in [-0.2, -0.15) is 0 Å². The Bertz CT molecular complexity index is 1230. The molecule has 3 nitrogen and oxygen atoms in total. The average Bonchev–Trinajstić information content (AvgIpc) is 2.90. The lowest BCUT2D eigenvalue weighted by atomic mass is 10.0. The van der Waals surface area contributed by atoms with Crippen LogP contribution in [0.2, 0.25) is 0 Å². The Labute approximate surface area is 222 Å². The van der Waals surface area contributed by atoms with Crippen molar-refractivity contribution < 1.29 is 4.74 Å². The zero-order valence-corrected chi connectivity index (χ0v) is 22.6. The summed E-state index contributed by atoms with van der Waals surface area (Å²) < 4.78 is 6.25. The lowest BCUT2D eigenvalue weighted by Gasteiger charge is -2.23. The van der Waals surface area contributed by atoms with Crippen molar-refractivity contribution in [3.05, 3.63) is 130 Å². The molecule has 0 fully saturated rings. The van der Waals surface area contributed by atoms with Crippen molar-refractivity contribution in [3.8, 4) is 0 Å². The van der Waals surface area contributed by atoms with Gasteiger partial charge in [-0.15, -0.1) is 0 Å². The van der Waals surface area contributed by atoms with Crippen molar-refractivity contribution in [2.75, 3.05) is 17.2 Å². The molecule has 0 aromatic heterocycles. The third-order valence-electron chi connectivity index (χ3n) is 6.73. The third-order valence-corrected chi connectivity index (χ3v) is 6.73. The molecule has 3 heteroatoms. The van der Waals surface area contributed by atoms with Gasteiger partial charge in [-0.3, -0.25) is 0 Å². The zero-order valence-electron chi connectivity index (χ0n) is 22.6. The van der Waals surface area contributed by atoms with Crippen LogP contribution in [0.5, 0.6) is 0 Å². The van der Waals surface area contributed by atoms with E-state index in [4.69, 9.17) is 4.74 Å². The molecule has 1 atom stereocenters. The first-order chi connectivity index (χ1) is 18.0. The Morgan fingerprint density at radius 1 is 0.649 bits per heavy atom. The van der Waals surface area contributed by atoms with Crippen molar-refractivity contribution in [3.63, 3.8) is 0 Å². The van der Waals surface area contributed by atoms with Gasteiger partial charge >= 0.3 is 0 Å². The predicted molar refractivity (Wildman–Crippen MR) is 157 cm³/mol. The minimum Gasteiger partial charge on any atom is -0.379 e. The van der Waals surface area contributed by atoms with Gasteiger partial charge in [0.05, 0.1) is 30.6 Å². The second-order valence-corrected chi connectivity index (χ2v) is 10.3. The molecule has 0 amide bonds. The fraction of sp³-hybridized carbons (Fsp3) is 0.294. The number of aryl methyl sites for hydroxylation is 2. The molecule has 0 spiro atoms. The molecule has 0 heterocycles. The van der Waals surface area contributed by atoms with Gasteiger partial charge in [0.25, 0.3) is 0 Å². The monoisotopic (exact) mass is 492 g/mol. The zero-order chi connectivity index (χ0) is 26.0. The quantitative estimate of drug-likeness (QED) is 0.209. The van der Waals surface area contributed by atoms with E-state index in [1.165, 1.54) is 33.4 Å². The van der Waals surface area contributed by atoms with Crippen LogP contribution in [0.3, 0.4) is 0 Å². The summed E-state index contributed by atoms with van der Waals surface area (Å²) in [5.41, 5.74) is 9.89. The molecule has 0 radical (unpaired) electrons. The maximum Gasteiger partial charge on any atom is 0.0717 e. The summed E-state index contributed by atoms with van der Waals surface area (Å²) in [6, 6.07) is 34.8. The van der Waals surface area contributed by atoms with E-state index >= 15 is 0 Å². The first-order valence-corrected chi connectivity index (χ1v) is 13.3. The largest absolute Gasteiger partial charge is 0.379 e. The number of benzene rings is 4. The third kappa shape index (κ3) is 8.23. The Morgan fingerprint density at radius 3 is 1.84 bits per heavy atom. The molecule has 0 saturated heterocycles. The highest BCUT2D eigenvalue weighted by Crippen LogP contribution is 2.24. The van der Waals surface area contributed by atoms with Gasteiger partial charge in [0.2, 0.25) is 0 Å². The van der Waals surface area contributed by atoms with Gasteiger partial charge in [-0.1, -0.05) is 110 Å². The predicted octanol–water partition coefficient (Wildman–Crippen LogP) is 8.28. The Kier molecular flexibility index (Phi) is 9.40. The molecular weight excluding hydrogens is 452 g/mol. The Hall–Kier alpha value is -3.56. The van der Waals surface area contributed by atoms with Gasteiger partial charge in [0, 0.05) is 6.54 Å². The highest BCUT2D eigenvalue weighted by molar-refractivity contribution is 5.69. The number of nitrogens with one attached hydrogen (secondary N) is 2. The van der Waals surface area contributed by atoms with Crippen LogP contribution < -0.4 is 10.6 Å². The summed E-state index contributed by atoms with van der Waals surface area (Å²) in [5, 5.41) is 7.40.